The molecule has 2 rings (SSSR count). The van der Waals surface area contributed by atoms with Crippen molar-refractivity contribution in [3.63, 3.8) is 0 Å². The molecule has 0 heterocycles. The van der Waals surface area contributed by atoms with Crippen LogP contribution in [0.4, 0.5) is 4.79 Å². The highest BCUT2D eigenvalue weighted by atomic mass is 35.5. The lowest BCUT2D eigenvalue weighted by Gasteiger charge is -2.24. The van der Waals surface area contributed by atoms with E-state index < -0.39 is 12.1 Å². The summed E-state index contributed by atoms with van der Waals surface area (Å²) in [7, 11) is 1.82. The normalized spacial score (nSPS) is 15.8. The van der Waals surface area contributed by atoms with E-state index in [1.807, 2.05) is 11.9 Å². The number of ether oxygens (including phenoxy) is 1. The van der Waals surface area contributed by atoms with E-state index in [4.69, 9.17) is 16.3 Å². The van der Waals surface area contributed by atoms with E-state index in [9.17, 15) is 9.59 Å². The predicted molar refractivity (Wildman–Crippen MR) is 98.0 cm³/mol. The average molecular weight is 368 g/mol. The monoisotopic (exact) mass is 367 g/mol. The molecule has 0 radical (unpaired) electrons. The number of rotatable bonds is 7. The number of imide groups is 1. The summed E-state index contributed by atoms with van der Waals surface area (Å²) in [6, 6.07) is 6.48. The Kier molecular flexibility index (Phi) is 7.52. The molecule has 7 heteroatoms. The molecule has 138 valence electrons. The molecule has 25 heavy (non-hydrogen) atoms. The second kappa shape index (κ2) is 9.63. The number of benzene rings is 1. The van der Waals surface area contributed by atoms with Crippen molar-refractivity contribution in [3.05, 3.63) is 29.3 Å². The SMILES string of the molecule is C[C@@H](C(=O)NC(=O)NC1CCCC1)N(C)CCOc1ccc(Cl)cc1. The van der Waals surface area contributed by atoms with Crippen molar-refractivity contribution in [1.29, 1.82) is 0 Å². The van der Waals surface area contributed by atoms with Crippen molar-refractivity contribution in [3.8, 4) is 5.75 Å². The second-order valence-corrected chi connectivity index (χ2v) is 6.84. The van der Waals surface area contributed by atoms with Crippen molar-refractivity contribution < 1.29 is 14.3 Å². The molecule has 0 aliphatic heterocycles. The minimum atomic E-state index is -0.428. The number of nitrogens with zero attached hydrogens (tertiary/aromatic N) is 1. The van der Waals surface area contributed by atoms with E-state index in [0.29, 0.717) is 18.2 Å². The van der Waals surface area contributed by atoms with Crippen LogP contribution in [0.1, 0.15) is 32.6 Å². The maximum Gasteiger partial charge on any atom is 0.321 e. The van der Waals surface area contributed by atoms with Gasteiger partial charge in [0.25, 0.3) is 0 Å². The van der Waals surface area contributed by atoms with Crippen molar-refractivity contribution in [2.24, 2.45) is 0 Å². The molecular weight excluding hydrogens is 342 g/mol. The molecule has 3 amide bonds. The average Bonchev–Trinajstić information content (AvgIpc) is 3.08. The van der Waals surface area contributed by atoms with Gasteiger partial charge in [0.2, 0.25) is 5.91 Å². The van der Waals surface area contributed by atoms with Crippen LogP contribution in [0, 0.1) is 0 Å². The number of nitrogens with one attached hydrogen (secondary N) is 2. The molecule has 1 fully saturated rings. The Balaban J connectivity index is 1.68. The van der Waals surface area contributed by atoms with Gasteiger partial charge in [-0.2, -0.15) is 0 Å². The molecule has 1 aliphatic carbocycles. The standard InChI is InChI=1S/C18H26ClN3O3/c1-13(17(23)21-18(24)20-15-5-3-4-6-15)22(2)11-12-25-16-9-7-14(19)8-10-16/h7-10,13,15H,3-6,11-12H2,1-2H3,(H2,20,21,23,24)/t13-/m0/s1. The van der Waals surface area contributed by atoms with Crippen LogP contribution in [0.15, 0.2) is 24.3 Å². The molecule has 1 aliphatic rings. The third-order valence-electron chi connectivity index (χ3n) is 4.49. The summed E-state index contributed by atoms with van der Waals surface area (Å²) in [6.07, 6.45) is 4.23. The van der Waals surface area contributed by atoms with E-state index in [1.165, 1.54) is 0 Å². The molecule has 1 atom stereocenters. The lowest BCUT2D eigenvalue weighted by atomic mass is 10.2. The van der Waals surface area contributed by atoms with E-state index in [2.05, 4.69) is 10.6 Å². The van der Waals surface area contributed by atoms with Gasteiger partial charge in [-0.05, 0) is 51.1 Å². The lowest BCUT2D eigenvalue weighted by molar-refractivity contribution is -0.124. The lowest BCUT2D eigenvalue weighted by Crippen LogP contribution is -2.50. The molecule has 1 aromatic carbocycles. The topological polar surface area (TPSA) is 70.7 Å². The van der Waals surface area contributed by atoms with Crippen molar-refractivity contribution in [1.82, 2.24) is 15.5 Å². The molecule has 1 aromatic rings. The highest BCUT2D eigenvalue weighted by Crippen LogP contribution is 2.17. The zero-order chi connectivity index (χ0) is 18.2. The van der Waals surface area contributed by atoms with Crippen molar-refractivity contribution in [2.75, 3.05) is 20.2 Å². The minimum Gasteiger partial charge on any atom is -0.492 e. The van der Waals surface area contributed by atoms with E-state index in [0.717, 1.165) is 31.4 Å². The number of hydrogen-bond acceptors (Lipinski definition) is 4. The van der Waals surface area contributed by atoms with E-state index in [1.54, 1.807) is 31.2 Å². The zero-order valence-electron chi connectivity index (χ0n) is 14.8. The van der Waals surface area contributed by atoms with Crippen LogP contribution in [0.5, 0.6) is 5.75 Å². The molecule has 6 nitrogen and oxygen atoms in total. The summed E-state index contributed by atoms with van der Waals surface area (Å²) in [5.41, 5.74) is 0. The van der Waals surface area contributed by atoms with Gasteiger partial charge >= 0.3 is 6.03 Å². The second-order valence-electron chi connectivity index (χ2n) is 6.40. The van der Waals surface area contributed by atoms with Gasteiger partial charge in [0.05, 0.1) is 6.04 Å². The number of hydrogen-bond donors (Lipinski definition) is 2. The van der Waals surface area contributed by atoms with E-state index in [-0.39, 0.29) is 11.9 Å². The molecule has 0 aromatic heterocycles. The van der Waals surface area contributed by atoms with Gasteiger partial charge in [0, 0.05) is 17.6 Å². The smallest absolute Gasteiger partial charge is 0.321 e. The highest BCUT2D eigenvalue weighted by molar-refractivity contribution is 6.30. The van der Waals surface area contributed by atoms with Gasteiger partial charge < -0.3 is 10.1 Å². The minimum absolute atomic E-state index is 0.189. The Labute approximate surface area is 153 Å². The van der Waals surface area contributed by atoms with Crippen molar-refractivity contribution in [2.45, 2.75) is 44.7 Å². The number of urea groups is 1. The first-order valence-electron chi connectivity index (χ1n) is 8.65. The number of halogens is 1. The number of amides is 3. The number of carbonyl (C=O) groups excluding carboxylic acids is 2. The fourth-order valence-electron chi connectivity index (χ4n) is 2.74. The third-order valence-corrected chi connectivity index (χ3v) is 4.75. The summed E-state index contributed by atoms with van der Waals surface area (Å²) in [6.45, 7) is 2.76. The Hall–Kier alpha value is -1.79. The van der Waals surface area contributed by atoms with E-state index >= 15 is 0 Å². The van der Waals surface area contributed by atoms with Crippen molar-refractivity contribution >= 4 is 23.5 Å². The van der Waals surface area contributed by atoms with Crippen LogP contribution in [0.2, 0.25) is 5.02 Å². The van der Waals surface area contributed by atoms with Crippen LogP contribution in [-0.4, -0.2) is 49.1 Å². The zero-order valence-corrected chi connectivity index (χ0v) is 15.5. The van der Waals surface area contributed by atoms with Crippen LogP contribution in [0.25, 0.3) is 0 Å². The fourth-order valence-corrected chi connectivity index (χ4v) is 2.87. The van der Waals surface area contributed by atoms with Gasteiger partial charge in [-0.1, -0.05) is 24.4 Å². The quantitative estimate of drug-likeness (QED) is 0.777. The summed E-state index contributed by atoms with van der Waals surface area (Å²) in [4.78, 5) is 25.9. The predicted octanol–water partition coefficient (Wildman–Crippen LogP) is 2.81. The first-order chi connectivity index (χ1) is 12.0. The maximum atomic E-state index is 12.2. The molecular formula is C18H26ClN3O3. The summed E-state index contributed by atoms with van der Waals surface area (Å²) in [5.74, 6) is 0.412. The largest absolute Gasteiger partial charge is 0.492 e. The number of likely N-dealkylation sites (N-methyl/N-ethyl adjacent to an activating group) is 1. The van der Waals surface area contributed by atoms with Crippen LogP contribution < -0.4 is 15.4 Å². The van der Waals surface area contributed by atoms with Gasteiger partial charge in [-0.15, -0.1) is 0 Å². The molecule has 1 saturated carbocycles. The van der Waals surface area contributed by atoms with Crippen LogP contribution in [0.3, 0.4) is 0 Å². The first-order valence-corrected chi connectivity index (χ1v) is 9.03. The first kappa shape index (κ1) is 19.5. The summed E-state index contributed by atoms with van der Waals surface area (Å²) < 4.78 is 5.62. The Morgan fingerprint density at radius 3 is 2.56 bits per heavy atom. The van der Waals surface area contributed by atoms with Crippen LogP contribution >= 0.6 is 11.6 Å². The molecule has 0 unspecified atom stereocenters. The molecule has 0 spiro atoms. The molecule has 0 bridgehead atoms. The summed E-state index contributed by atoms with van der Waals surface area (Å²) in [5, 5.41) is 5.92. The third kappa shape index (κ3) is 6.55. The summed E-state index contributed by atoms with van der Waals surface area (Å²) >= 11 is 5.83. The van der Waals surface area contributed by atoms with Gasteiger partial charge in [-0.25, -0.2) is 4.79 Å². The Bertz CT molecular complexity index is 573. The van der Waals surface area contributed by atoms with Gasteiger partial charge in [0.15, 0.2) is 0 Å². The Morgan fingerprint density at radius 1 is 1.28 bits per heavy atom. The maximum absolute atomic E-state index is 12.2. The van der Waals surface area contributed by atoms with Gasteiger partial charge in [0.1, 0.15) is 12.4 Å². The number of carbonyl (C=O) groups is 2. The molecule has 2 N–H and O–H groups in total. The highest BCUT2D eigenvalue weighted by Gasteiger charge is 2.22. The fraction of sp³-hybridized carbons (Fsp3) is 0.556. The van der Waals surface area contributed by atoms with Crippen LogP contribution in [-0.2, 0) is 4.79 Å². The molecule has 0 saturated heterocycles. The van der Waals surface area contributed by atoms with Gasteiger partial charge in [-0.3, -0.25) is 15.0 Å². The Morgan fingerprint density at radius 2 is 1.92 bits per heavy atom.